The molecular formula is C8H17NO3S. The highest BCUT2D eigenvalue weighted by atomic mass is 32.2. The maximum Gasteiger partial charge on any atom is 0.214 e. The Morgan fingerprint density at radius 1 is 1.54 bits per heavy atom. The Morgan fingerprint density at radius 2 is 2.15 bits per heavy atom. The second kappa shape index (κ2) is 3.94. The minimum atomic E-state index is -3.07. The van der Waals surface area contributed by atoms with Crippen LogP contribution in [0, 0.1) is 0 Å². The topological polar surface area (TPSA) is 57.6 Å². The first-order valence-corrected chi connectivity index (χ1v) is 6.27. The van der Waals surface area contributed by atoms with Crippen LogP contribution in [0.5, 0.6) is 0 Å². The number of aliphatic hydroxyl groups excluding tert-OH is 1. The van der Waals surface area contributed by atoms with Crippen molar-refractivity contribution >= 4 is 10.0 Å². The van der Waals surface area contributed by atoms with Gasteiger partial charge in [0.1, 0.15) is 0 Å². The van der Waals surface area contributed by atoms with Crippen LogP contribution in [-0.4, -0.2) is 42.3 Å². The van der Waals surface area contributed by atoms with Crippen molar-refractivity contribution in [1.29, 1.82) is 0 Å². The van der Waals surface area contributed by atoms with Crippen molar-refractivity contribution in [2.45, 2.75) is 38.8 Å². The molecule has 1 N–H and O–H groups in total. The van der Waals surface area contributed by atoms with E-state index in [1.165, 1.54) is 4.31 Å². The minimum absolute atomic E-state index is 0.230. The lowest BCUT2D eigenvalue weighted by molar-refractivity contribution is 0.0984. The minimum Gasteiger partial charge on any atom is -0.391 e. The zero-order valence-electron chi connectivity index (χ0n) is 8.10. The van der Waals surface area contributed by atoms with Crippen molar-refractivity contribution in [2.75, 3.05) is 12.3 Å². The summed E-state index contributed by atoms with van der Waals surface area (Å²) in [5.41, 5.74) is 0. The summed E-state index contributed by atoms with van der Waals surface area (Å²) in [7, 11) is -3.07. The fourth-order valence-corrected chi connectivity index (χ4v) is 3.43. The molecule has 1 aliphatic heterocycles. The van der Waals surface area contributed by atoms with E-state index in [1.54, 1.807) is 6.92 Å². The van der Waals surface area contributed by atoms with E-state index in [0.717, 1.165) is 0 Å². The third kappa shape index (κ3) is 2.21. The first-order chi connectivity index (χ1) is 5.99. The van der Waals surface area contributed by atoms with Crippen LogP contribution in [0.15, 0.2) is 0 Å². The zero-order chi connectivity index (χ0) is 10.1. The van der Waals surface area contributed by atoms with Gasteiger partial charge in [0.25, 0.3) is 0 Å². The molecule has 0 spiro atoms. The van der Waals surface area contributed by atoms with Crippen molar-refractivity contribution in [1.82, 2.24) is 4.31 Å². The second-order valence-corrected chi connectivity index (χ2v) is 5.54. The molecule has 0 radical (unpaired) electrons. The van der Waals surface area contributed by atoms with Crippen LogP contribution in [0.2, 0.25) is 0 Å². The van der Waals surface area contributed by atoms with Gasteiger partial charge in [-0.25, -0.2) is 8.42 Å². The summed E-state index contributed by atoms with van der Waals surface area (Å²) in [4.78, 5) is 0. The summed E-state index contributed by atoms with van der Waals surface area (Å²) in [6, 6.07) is -0.280. The Bertz CT molecular complexity index is 263. The second-order valence-electron chi connectivity index (χ2n) is 3.50. The highest BCUT2D eigenvalue weighted by Crippen LogP contribution is 2.19. The lowest BCUT2D eigenvalue weighted by Gasteiger charge is -2.26. The SMILES string of the molecule is CCC(O)C(C)N1CCCS1(=O)=O. The average Bonchev–Trinajstić information content (AvgIpc) is 2.42. The molecular weight excluding hydrogens is 190 g/mol. The van der Waals surface area contributed by atoms with Crippen LogP contribution in [0.25, 0.3) is 0 Å². The highest BCUT2D eigenvalue weighted by molar-refractivity contribution is 7.89. The molecule has 1 heterocycles. The standard InChI is InChI=1S/C8H17NO3S/c1-3-8(10)7(2)9-5-4-6-13(9,11)12/h7-8,10H,3-6H2,1-2H3. The molecule has 0 amide bonds. The predicted molar refractivity (Wildman–Crippen MR) is 50.9 cm³/mol. The van der Waals surface area contributed by atoms with Gasteiger partial charge in [0, 0.05) is 12.6 Å². The molecule has 2 atom stereocenters. The molecule has 0 aromatic rings. The maximum atomic E-state index is 11.4. The van der Waals surface area contributed by atoms with Gasteiger partial charge in [0.05, 0.1) is 11.9 Å². The molecule has 0 aromatic heterocycles. The van der Waals surface area contributed by atoms with Crippen molar-refractivity contribution in [3.8, 4) is 0 Å². The summed E-state index contributed by atoms with van der Waals surface area (Å²) in [5.74, 6) is 0.230. The van der Waals surface area contributed by atoms with Gasteiger partial charge in [-0.3, -0.25) is 0 Å². The molecule has 1 saturated heterocycles. The number of sulfonamides is 1. The third-order valence-electron chi connectivity index (χ3n) is 2.57. The Labute approximate surface area is 79.6 Å². The van der Waals surface area contributed by atoms with Crippen molar-refractivity contribution in [3.63, 3.8) is 0 Å². The quantitative estimate of drug-likeness (QED) is 0.718. The first-order valence-electron chi connectivity index (χ1n) is 4.66. The van der Waals surface area contributed by atoms with Crippen LogP contribution in [0.1, 0.15) is 26.7 Å². The molecule has 13 heavy (non-hydrogen) atoms. The van der Waals surface area contributed by atoms with E-state index in [4.69, 9.17) is 0 Å². The van der Waals surface area contributed by atoms with Crippen LogP contribution in [0.4, 0.5) is 0 Å². The van der Waals surface area contributed by atoms with E-state index >= 15 is 0 Å². The highest BCUT2D eigenvalue weighted by Gasteiger charge is 2.34. The van der Waals surface area contributed by atoms with Crippen LogP contribution >= 0.6 is 0 Å². The maximum absolute atomic E-state index is 11.4. The summed E-state index contributed by atoms with van der Waals surface area (Å²) in [6.07, 6.45) is 0.726. The molecule has 0 aromatic carbocycles. The van der Waals surface area contributed by atoms with E-state index < -0.39 is 16.1 Å². The summed E-state index contributed by atoms with van der Waals surface area (Å²) in [5, 5.41) is 9.51. The van der Waals surface area contributed by atoms with Gasteiger partial charge in [-0.15, -0.1) is 0 Å². The predicted octanol–water partition coefficient (Wildman–Crippen LogP) is 0.181. The summed E-state index contributed by atoms with van der Waals surface area (Å²) < 4.78 is 24.3. The summed E-state index contributed by atoms with van der Waals surface area (Å²) >= 11 is 0. The van der Waals surface area contributed by atoms with Gasteiger partial charge in [0.2, 0.25) is 10.0 Å². The molecule has 0 bridgehead atoms. The number of nitrogens with zero attached hydrogens (tertiary/aromatic N) is 1. The number of hydrogen-bond acceptors (Lipinski definition) is 3. The van der Waals surface area contributed by atoms with Gasteiger partial charge < -0.3 is 5.11 Å². The van der Waals surface area contributed by atoms with Crippen molar-refractivity contribution < 1.29 is 13.5 Å². The van der Waals surface area contributed by atoms with Crippen LogP contribution < -0.4 is 0 Å². The van der Waals surface area contributed by atoms with Crippen LogP contribution in [-0.2, 0) is 10.0 Å². The average molecular weight is 207 g/mol. The summed E-state index contributed by atoms with van der Waals surface area (Å²) in [6.45, 7) is 4.17. The molecule has 0 aliphatic carbocycles. The lowest BCUT2D eigenvalue weighted by atomic mass is 10.1. The van der Waals surface area contributed by atoms with Crippen LogP contribution in [0.3, 0.4) is 0 Å². The normalized spacial score (nSPS) is 27.3. The van der Waals surface area contributed by atoms with Gasteiger partial charge in [-0.1, -0.05) is 6.92 Å². The fraction of sp³-hybridized carbons (Fsp3) is 1.00. The Balaban J connectivity index is 2.72. The third-order valence-corrected chi connectivity index (χ3v) is 4.60. The smallest absolute Gasteiger partial charge is 0.214 e. The first kappa shape index (κ1) is 10.9. The molecule has 4 nitrogen and oxygen atoms in total. The Kier molecular flexibility index (Phi) is 3.32. The number of rotatable bonds is 3. The molecule has 0 saturated carbocycles. The molecule has 78 valence electrons. The molecule has 1 fully saturated rings. The van der Waals surface area contributed by atoms with E-state index in [0.29, 0.717) is 19.4 Å². The largest absolute Gasteiger partial charge is 0.391 e. The molecule has 1 aliphatic rings. The molecule has 1 rings (SSSR count). The Hall–Kier alpha value is -0.130. The zero-order valence-corrected chi connectivity index (χ0v) is 8.92. The lowest BCUT2D eigenvalue weighted by Crippen LogP contribution is -2.42. The van der Waals surface area contributed by atoms with E-state index in [-0.39, 0.29) is 11.8 Å². The molecule has 5 heteroatoms. The Morgan fingerprint density at radius 3 is 2.54 bits per heavy atom. The van der Waals surface area contributed by atoms with Gasteiger partial charge >= 0.3 is 0 Å². The van der Waals surface area contributed by atoms with E-state index in [1.807, 2.05) is 6.92 Å². The van der Waals surface area contributed by atoms with Crippen molar-refractivity contribution in [3.05, 3.63) is 0 Å². The fourth-order valence-electron chi connectivity index (χ4n) is 1.65. The van der Waals surface area contributed by atoms with Gasteiger partial charge in [-0.2, -0.15) is 4.31 Å². The van der Waals surface area contributed by atoms with Crippen molar-refractivity contribution in [2.24, 2.45) is 0 Å². The van der Waals surface area contributed by atoms with Gasteiger partial charge in [-0.05, 0) is 19.8 Å². The van der Waals surface area contributed by atoms with Gasteiger partial charge in [0.15, 0.2) is 0 Å². The monoisotopic (exact) mass is 207 g/mol. The number of hydrogen-bond donors (Lipinski definition) is 1. The van der Waals surface area contributed by atoms with E-state index in [9.17, 15) is 13.5 Å². The molecule has 2 unspecified atom stereocenters. The number of aliphatic hydroxyl groups is 1. The van der Waals surface area contributed by atoms with E-state index in [2.05, 4.69) is 0 Å².